The second-order valence-electron chi connectivity index (χ2n) is 4.98. The van der Waals surface area contributed by atoms with Crippen molar-refractivity contribution in [1.29, 1.82) is 0 Å². The fourth-order valence-electron chi connectivity index (χ4n) is 2.12. The first kappa shape index (κ1) is 16.0. The van der Waals surface area contributed by atoms with E-state index in [1.54, 1.807) is 6.07 Å². The van der Waals surface area contributed by atoms with Gasteiger partial charge in [-0.25, -0.2) is 12.8 Å². The van der Waals surface area contributed by atoms with Crippen molar-refractivity contribution >= 4 is 33.2 Å². The van der Waals surface area contributed by atoms with Crippen LogP contribution in [0.3, 0.4) is 0 Å². The molecule has 2 rings (SSSR count). The van der Waals surface area contributed by atoms with E-state index in [2.05, 4.69) is 5.32 Å². The van der Waals surface area contributed by atoms with Crippen LogP contribution in [0, 0.1) is 0 Å². The number of hydrogen-bond donors (Lipinski definition) is 1. The quantitative estimate of drug-likeness (QED) is 0.898. The largest absolute Gasteiger partial charge is 0.312 e. The number of hydrogen-bond acceptors (Lipinski definition) is 3. The molecule has 1 N–H and O–H groups in total. The van der Waals surface area contributed by atoms with Gasteiger partial charge in [0.1, 0.15) is 10.6 Å². The molecule has 8 heteroatoms. The molecule has 0 amide bonds. The minimum absolute atomic E-state index is 0.0373. The zero-order valence-electron chi connectivity index (χ0n) is 10.9. The van der Waals surface area contributed by atoms with Crippen LogP contribution in [0.2, 0.25) is 10.0 Å². The molecular weight excluding hydrogens is 326 g/mol. The van der Waals surface area contributed by atoms with Crippen molar-refractivity contribution in [3.05, 3.63) is 28.2 Å². The summed E-state index contributed by atoms with van der Waals surface area (Å²) in [6.45, 7) is 1.78. The zero-order valence-corrected chi connectivity index (χ0v) is 13.2. The Morgan fingerprint density at radius 1 is 1.35 bits per heavy atom. The third-order valence-corrected chi connectivity index (χ3v) is 5.86. The van der Waals surface area contributed by atoms with Gasteiger partial charge in [-0.05, 0) is 19.1 Å². The number of nitrogens with zero attached hydrogens (tertiary/aromatic N) is 1. The maximum Gasteiger partial charge on any atom is 0.246 e. The predicted molar refractivity (Wildman–Crippen MR) is 77.6 cm³/mol. The second kappa shape index (κ2) is 5.77. The van der Waals surface area contributed by atoms with Crippen molar-refractivity contribution in [3.8, 4) is 0 Å². The summed E-state index contributed by atoms with van der Waals surface area (Å²) >= 11 is 11.9. The number of sulfonamides is 1. The van der Waals surface area contributed by atoms with Crippen LogP contribution in [-0.4, -0.2) is 44.6 Å². The first-order valence-electron chi connectivity index (χ1n) is 6.08. The molecule has 1 fully saturated rings. The Morgan fingerprint density at radius 3 is 2.55 bits per heavy atom. The van der Waals surface area contributed by atoms with Gasteiger partial charge in [0.2, 0.25) is 10.0 Å². The fourth-order valence-corrected chi connectivity index (χ4v) is 4.76. The van der Waals surface area contributed by atoms with Gasteiger partial charge in [-0.2, -0.15) is 4.31 Å². The van der Waals surface area contributed by atoms with Gasteiger partial charge >= 0.3 is 0 Å². The predicted octanol–water partition coefficient (Wildman–Crippen LogP) is 2.32. The van der Waals surface area contributed by atoms with E-state index >= 15 is 0 Å². The second-order valence-corrected chi connectivity index (χ2v) is 7.67. The molecule has 0 saturated carbocycles. The fraction of sp³-hybridized carbons (Fsp3) is 0.500. The number of nitrogens with one attached hydrogen (secondary N) is 1. The highest BCUT2D eigenvalue weighted by molar-refractivity contribution is 7.89. The Morgan fingerprint density at radius 2 is 1.95 bits per heavy atom. The van der Waals surface area contributed by atoms with Gasteiger partial charge in [0.05, 0.1) is 10.0 Å². The molecule has 0 spiro atoms. The van der Waals surface area contributed by atoms with Crippen LogP contribution in [0.15, 0.2) is 23.1 Å². The Balaban J connectivity index is 2.44. The van der Waals surface area contributed by atoms with Crippen LogP contribution < -0.4 is 5.32 Å². The average Bonchev–Trinajstić information content (AvgIpc) is 2.50. The van der Waals surface area contributed by atoms with E-state index in [9.17, 15) is 12.8 Å². The molecule has 1 aliphatic rings. The Kier molecular flexibility index (Phi) is 4.61. The van der Waals surface area contributed by atoms with E-state index < -0.39 is 15.7 Å². The molecule has 0 aromatic heterocycles. The third kappa shape index (κ3) is 3.26. The molecule has 0 bridgehead atoms. The van der Waals surface area contributed by atoms with E-state index in [4.69, 9.17) is 23.2 Å². The van der Waals surface area contributed by atoms with Gasteiger partial charge in [0, 0.05) is 26.2 Å². The average molecular weight is 341 g/mol. The highest BCUT2D eigenvalue weighted by atomic mass is 35.5. The van der Waals surface area contributed by atoms with Crippen molar-refractivity contribution < 1.29 is 12.8 Å². The van der Waals surface area contributed by atoms with E-state index in [0.29, 0.717) is 6.54 Å². The first-order chi connectivity index (χ1) is 9.24. The number of rotatable bonds is 2. The van der Waals surface area contributed by atoms with Crippen molar-refractivity contribution in [1.82, 2.24) is 9.62 Å². The third-order valence-electron chi connectivity index (χ3n) is 3.05. The molecule has 1 saturated heterocycles. The molecular formula is C12H15Cl2FN2O2S. The zero-order chi connectivity index (χ0) is 15.0. The number of halogens is 3. The first-order valence-corrected chi connectivity index (χ1v) is 8.27. The van der Waals surface area contributed by atoms with Gasteiger partial charge < -0.3 is 5.32 Å². The van der Waals surface area contributed by atoms with E-state index in [1.807, 2.05) is 0 Å². The molecule has 1 aliphatic heterocycles. The van der Waals surface area contributed by atoms with Gasteiger partial charge in [-0.3, -0.25) is 0 Å². The summed E-state index contributed by atoms with van der Waals surface area (Å²) in [6, 6.07) is 4.46. The molecule has 1 atom stereocenters. The van der Waals surface area contributed by atoms with E-state index in [1.165, 1.54) is 19.1 Å². The lowest BCUT2D eigenvalue weighted by Crippen LogP contribution is -2.42. The van der Waals surface area contributed by atoms with Crippen LogP contribution in [-0.2, 0) is 10.0 Å². The van der Waals surface area contributed by atoms with Crippen molar-refractivity contribution in [3.63, 3.8) is 0 Å². The highest BCUT2D eigenvalue weighted by Gasteiger charge is 2.37. The molecule has 112 valence electrons. The summed E-state index contributed by atoms with van der Waals surface area (Å²) in [7, 11) is -3.93. The lowest BCUT2D eigenvalue weighted by Gasteiger charge is -2.26. The minimum Gasteiger partial charge on any atom is -0.312 e. The summed E-state index contributed by atoms with van der Waals surface area (Å²) in [6.07, 6.45) is 0. The molecule has 1 aromatic carbocycles. The van der Waals surface area contributed by atoms with Gasteiger partial charge in [0.15, 0.2) is 0 Å². The van der Waals surface area contributed by atoms with Crippen molar-refractivity contribution in [2.24, 2.45) is 0 Å². The smallest absolute Gasteiger partial charge is 0.246 e. The summed E-state index contributed by atoms with van der Waals surface area (Å²) in [4.78, 5) is -0.166. The molecule has 1 aromatic rings. The molecule has 4 nitrogen and oxygen atoms in total. The molecule has 1 heterocycles. The standard InChI is InChI=1S/C12H15Cl2FN2O2S/c1-12(15)7-16-5-6-17(8-12)20(18,19)11-9(13)3-2-4-10(11)14/h2-4,16H,5-8H2,1H3. The summed E-state index contributed by atoms with van der Waals surface area (Å²) in [5.74, 6) is 0. The van der Waals surface area contributed by atoms with Gasteiger partial charge in [-0.1, -0.05) is 29.3 Å². The minimum atomic E-state index is -3.93. The summed E-state index contributed by atoms with van der Waals surface area (Å²) < 4.78 is 40.5. The van der Waals surface area contributed by atoms with Crippen LogP contribution in [0.25, 0.3) is 0 Å². The molecule has 0 aliphatic carbocycles. The van der Waals surface area contributed by atoms with Crippen LogP contribution in [0.1, 0.15) is 6.92 Å². The maximum atomic E-state index is 14.2. The topological polar surface area (TPSA) is 49.4 Å². The monoisotopic (exact) mass is 340 g/mol. The number of alkyl halides is 1. The number of benzene rings is 1. The Hall–Kier alpha value is -0.400. The lowest BCUT2D eigenvalue weighted by molar-refractivity contribution is 0.166. The Bertz CT molecular complexity index is 587. The molecule has 0 radical (unpaired) electrons. The van der Waals surface area contributed by atoms with Crippen molar-refractivity contribution in [2.75, 3.05) is 26.2 Å². The SMILES string of the molecule is CC1(F)CNCCN(S(=O)(=O)c2c(Cl)cccc2Cl)C1. The van der Waals surface area contributed by atoms with Crippen molar-refractivity contribution in [2.45, 2.75) is 17.5 Å². The summed E-state index contributed by atoms with van der Waals surface area (Å²) in [5.41, 5.74) is -1.64. The van der Waals surface area contributed by atoms with Gasteiger partial charge in [0.25, 0.3) is 0 Å². The molecule has 20 heavy (non-hydrogen) atoms. The Labute approximate surface area is 127 Å². The van der Waals surface area contributed by atoms with E-state index in [-0.39, 0.29) is 34.6 Å². The van der Waals surface area contributed by atoms with E-state index in [0.717, 1.165) is 4.31 Å². The normalized spacial score (nSPS) is 25.4. The van der Waals surface area contributed by atoms with Crippen LogP contribution in [0.4, 0.5) is 4.39 Å². The van der Waals surface area contributed by atoms with Gasteiger partial charge in [-0.15, -0.1) is 0 Å². The lowest BCUT2D eigenvalue weighted by atomic mass is 10.1. The molecule has 1 unspecified atom stereocenters. The van der Waals surface area contributed by atoms with Crippen LogP contribution in [0.5, 0.6) is 0 Å². The maximum absolute atomic E-state index is 14.2. The van der Waals surface area contributed by atoms with Crippen LogP contribution >= 0.6 is 23.2 Å². The highest BCUT2D eigenvalue weighted by Crippen LogP contribution is 2.32. The summed E-state index contributed by atoms with van der Waals surface area (Å²) in [5, 5.41) is 2.95.